The zero-order valence-corrected chi connectivity index (χ0v) is 11.5. The van der Waals surface area contributed by atoms with Crippen molar-refractivity contribution in [3.8, 4) is 5.75 Å². The number of hydrogen-bond acceptors (Lipinski definition) is 3. The summed E-state index contributed by atoms with van der Waals surface area (Å²) < 4.78 is 5.16. The van der Waals surface area contributed by atoms with Gasteiger partial charge >= 0.3 is 0 Å². The molecule has 19 heavy (non-hydrogen) atoms. The summed E-state index contributed by atoms with van der Waals surface area (Å²) >= 11 is 0. The number of hydrogen-bond donors (Lipinski definition) is 0. The lowest BCUT2D eigenvalue weighted by Crippen LogP contribution is -2.30. The van der Waals surface area contributed by atoms with Crippen molar-refractivity contribution in [3.63, 3.8) is 0 Å². The van der Waals surface area contributed by atoms with Crippen LogP contribution < -0.4 is 4.74 Å². The largest absolute Gasteiger partial charge is 0.497 e. The smallest absolute Gasteiger partial charge is 0.255 e. The van der Waals surface area contributed by atoms with Gasteiger partial charge in [-0.25, -0.2) is 0 Å². The van der Waals surface area contributed by atoms with Crippen LogP contribution in [0, 0.1) is 0 Å². The van der Waals surface area contributed by atoms with Crippen LogP contribution in [0.4, 0.5) is 0 Å². The summed E-state index contributed by atoms with van der Waals surface area (Å²) in [4.78, 5) is 18.4. The van der Waals surface area contributed by atoms with Gasteiger partial charge in [0.05, 0.1) is 18.2 Å². The van der Waals surface area contributed by atoms with E-state index in [-0.39, 0.29) is 5.91 Å². The van der Waals surface area contributed by atoms with Gasteiger partial charge in [0.1, 0.15) is 5.75 Å². The van der Waals surface area contributed by atoms with Crippen molar-refractivity contribution in [3.05, 3.63) is 36.0 Å². The van der Waals surface area contributed by atoms with E-state index in [1.165, 1.54) is 0 Å². The molecule has 0 saturated heterocycles. The Bertz CT molecular complexity index is 592. The van der Waals surface area contributed by atoms with Gasteiger partial charge in [-0.3, -0.25) is 9.78 Å². The predicted octanol–water partition coefficient (Wildman–Crippen LogP) is 2.73. The van der Waals surface area contributed by atoms with Gasteiger partial charge in [0, 0.05) is 30.7 Å². The van der Waals surface area contributed by atoms with Crippen LogP contribution in [-0.2, 0) is 0 Å². The fourth-order valence-electron chi connectivity index (χ4n) is 2.04. The van der Waals surface area contributed by atoms with Crippen LogP contribution in [0.1, 0.15) is 24.2 Å². The molecular formula is C15H18N2O2. The highest BCUT2D eigenvalue weighted by Crippen LogP contribution is 2.20. The van der Waals surface area contributed by atoms with E-state index in [1.807, 2.05) is 38.1 Å². The molecule has 2 aromatic rings. The molecule has 0 aliphatic rings. The standard InChI is InChI=1S/C15H18N2O2/c1-4-17(5-2)15(18)12-8-11-6-7-13(19-3)9-14(11)16-10-12/h6-10H,4-5H2,1-3H3. The molecule has 0 aliphatic heterocycles. The number of ether oxygens (including phenoxy) is 1. The number of amides is 1. The molecule has 0 aliphatic carbocycles. The summed E-state index contributed by atoms with van der Waals surface area (Å²) in [5.74, 6) is 0.790. The molecule has 0 radical (unpaired) electrons. The van der Waals surface area contributed by atoms with Crippen LogP contribution in [-0.4, -0.2) is 36.0 Å². The van der Waals surface area contributed by atoms with Crippen molar-refractivity contribution in [2.45, 2.75) is 13.8 Å². The highest BCUT2D eigenvalue weighted by molar-refractivity contribution is 5.97. The number of nitrogens with zero attached hydrogens (tertiary/aromatic N) is 2. The molecule has 1 amide bonds. The maximum atomic E-state index is 12.2. The third-order valence-corrected chi connectivity index (χ3v) is 3.19. The molecule has 4 heteroatoms. The quantitative estimate of drug-likeness (QED) is 0.846. The van der Waals surface area contributed by atoms with Gasteiger partial charge in [-0.05, 0) is 32.0 Å². The van der Waals surface area contributed by atoms with E-state index in [4.69, 9.17) is 4.74 Å². The van der Waals surface area contributed by atoms with Gasteiger partial charge in [-0.2, -0.15) is 0 Å². The molecule has 4 nitrogen and oxygen atoms in total. The SMILES string of the molecule is CCN(CC)C(=O)c1cnc2cc(OC)ccc2c1. The van der Waals surface area contributed by atoms with E-state index in [0.29, 0.717) is 18.7 Å². The van der Waals surface area contributed by atoms with Crippen LogP contribution in [0.3, 0.4) is 0 Å². The van der Waals surface area contributed by atoms with E-state index in [2.05, 4.69) is 4.98 Å². The predicted molar refractivity (Wildman–Crippen MR) is 75.5 cm³/mol. The van der Waals surface area contributed by atoms with E-state index in [1.54, 1.807) is 18.2 Å². The summed E-state index contributed by atoms with van der Waals surface area (Å²) in [6.45, 7) is 5.35. The Labute approximate surface area is 113 Å². The fraction of sp³-hybridized carbons (Fsp3) is 0.333. The Morgan fingerprint density at radius 1 is 1.26 bits per heavy atom. The first kappa shape index (κ1) is 13.3. The molecule has 0 bridgehead atoms. The molecule has 1 aromatic carbocycles. The number of methoxy groups -OCH3 is 1. The third kappa shape index (κ3) is 2.67. The highest BCUT2D eigenvalue weighted by Gasteiger charge is 2.13. The molecule has 0 spiro atoms. The van der Waals surface area contributed by atoms with Crippen molar-refractivity contribution < 1.29 is 9.53 Å². The molecule has 0 saturated carbocycles. The average molecular weight is 258 g/mol. The van der Waals surface area contributed by atoms with Crippen LogP contribution >= 0.6 is 0 Å². The molecule has 2 rings (SSSR count). The second-order valence-electron chi connectivity index (χ2n) is 4.26. The van der Waals surface area contributed by atoms with E-state index < -0.39 is 0 Å². The van der Waals surface area contributed by atoms with Gasteiger partial charge in [0.15, 0.2) is 0 Å². The Morgan fingerprint density at radius 3 is 2.63 bits per heavy atom. The summed E-state index contributed by atoms with van der Waals surface area (Å²) in [6, 6.07) is 7.53. The Balaban J connectivity index is 2.39. The average Bonchev–Trinajstić information content (AvgIpc) is 2.47. The van der Waals surface area contributed by atoms with E-state index >= 15 is 0 Å². The maximum absolute atomic E-state index is 12.2. The van der Waals surface area contributed by atoms with E-state index in [9.17, 15) is 4.79 Å². The third-order valence-electron chi connectivity index (χ3n) is 3.19. The van der Waals surface area contributed by atoms with Crippen LogP contribution in [0.25, 0.3) is 10.9 Å². The van der Waals surface area contributed by atoms with Crippen molar-refractivity contribution in [1.82, 2.24) is 9.88 Å². The minimum absolute atomic E-state index is 0.0234. The van der Waals surface area contributed by atoms with Gasteiger partial charge in [0.25, 0.3) is 5.91 Å². The van der Waals surface area contributed by atoms with Crippen LogP contribution in [0.15, 0.2) is 30.5 Å². The lowest BCUT2D eigenvalue weighted by atomic mass is 10.1. The molecule has 0 atom stereocenters. The second-order valence-corrected chi connectivity index (χ2v) is 4.26. The Hall–Kier alpha value is -2.10. The van der Waals surface area contributed by atoms with Crippen molar-refractivity contribution in [2.75, 3.05) is 20.2 Å². The lowest BCUT2D eigenvalue weighted by Gasteiger charge is -2.18. The molecule has 0 unspecified atom stereocenters. The zero-order chi connectivity index (χ0) is 13.8. The molecule has 1 heterocycles. The normalized spacial score (nSPS) is 10.5. The van der Waals surface area contributed by atoms with Crippen molar-refractivity contribution >= 4 is 16.8 Å². The molecule has 100 valence electrons. The lowest BCUT2D eigenvalue weighted by molar-refractivity contribution is 0.0773. The fourth-order valence-corrected chi connectivity index (χ4v) is 2.04. The minimum atomic E-state index is 0.0234. The molecule has 0 N–H and O–H groups in total. The highest BCUT2D eigenvalue weighted by atomic mass is 16.5. The molecule has 0 fully saturated rings. The first-order valence-corrected chi connectivity index (χ1v) is 6.42. The topological polar surface area (TPSA) is 42.4 Å². The van der Waals surface area contributed by atoms with Crippen molar-refractivity contribution in [1.29, 1.82) is 0 Å². The first-order valence-electron chi connectivity index (χ1n) is 6.42. The zero-order valence-electron chi connectivity index (χ0n) is 11.5. The summed E-state index contributed by atoms with van der Waals surface area (Å²) in [5.41, 5.74) is 1.46. The molecular weight excluding hydrogens is 240 g/mol. The number of aromatic nitrogens is 1. The van der Waals surface area contributed by atoms with Gasteiger partial charge < -0.3 is 9.64 Å². The number of pyridine rings is 1. The Morgan fingerprint density at radius 2 is 2.00 bits per heavy atom. The van der Waals surface area contributed by atoms with Crippen LogP contribution in [0.5, 0.6) is 5.75 Å². The number of rotatable bonds is 4. The number of benzene rings is 1. The van der Waals surface area contributed by atoms with Crippen LogP contribution in [0.2, 0.25) is 0 Å². The summed E-state index contributed by atoms with van der Waals surface area (Å²) in [5, 5.41) is 0.943. The van der Waals surface area contributed by atoms with Gasteiger partial charge in [-0.1, -0.05) is 0 Å². The van der Waals surface area contributed by atoms with Gasteiger partial charge in [0.2, 0.25) is 0 Å². The second kappa shape index (κ2) is 5.69. The molecule has 1 aromatic heterocycles. The summed E-state index contributed by atoms with van der Waals surface area (Å²) in [7, 11) is 1.62. The van der Waals surface area contributed by atoms with Crippen molar-refractivity contribution in [2.24, 2.45) is 0 Å². The number of carbonyl (C=O) groups is 1. The number of carbonyl (C=O) groups excluding carboxylic acids is 1. The number of fused-ring (bicyclic) bond motifs is 1. The first-order chi connectivity index (χ1) is 9.19. The van der Waals surface area contributed by atoms with E-state index in [0.717, 1.165) is 16.7 Å². The maximum Gasteiger partial charge on any atom is 0.255 e. The van der Waals surface area contributed by atoms with Gasteiger partial charge in [-0.15, -0.1) is 0 Å². The summed E-state index contributed by atoms with van der Waals surface area (Å²) in [6.07, 6.45) is 1.63. The monoisotopic (exact) mass is 258 g/mol. The minimum Gasteiger partial charge on any atom is -0.497 e. The Kier molecular flexibility index (Phi) is 4.00.